The normalized spacial score (nSPS) is 8.38. The van der Waals surface area contributed by atoms with Crippen molar-refractivity contribution in [3.8, 4) is 0 Å². The van der Waals surface area contributed by atoms with E-state index in [1.807, 2.05) is 0 Å². The van der Waals surface area contributed by atoms with Crippen molar-refractivity contribution < 1.29 is 9.53 Å². The molecule has 0 aromatic carbocycles. The van der Waals surface area contributed by atoms with E-state index < -0.39 is 6.09 Å². The molecule has 2 N–H and O–H groups in total. The van der Waals surface area contributed by atoms with Crippen molar-refractivity contribution in [1.29, 1.82) is 0 Å². The van der Waals surface area contributed by atoms with Gasteiger partial charge in [-0.15, -0.1) is 0 Å². The summed E-state index contributed by atoms with van der Waals surface area (Å²) < 4.78 is 4.31. The van der Waals surface area contributed by atoms with Crippen LogP contribution in [0, 0.1) is 0 Å². The van der Waals surface area contributed by atoms with Gasteiger partial charge in [0.2, 0.25) is 0 Å². The summed E-state index contributed by atoms with van der Waals surface area (Å²) in [5.74, 6) is 0. The smallest absolute Gasteiger partial charge is 0.410 e. The van der Waals surface area contributed by atoms with Crippen LogP contribution in [0.1, 0.15) is 0 Å². The monoisotopic (exact) mass is 118 g/mol. The van der Waals surface area contributed by atoms with Crippen LogP contribution in [0.15, 0.2) is 0 Å². The van der Waals surface area contributed by atoms with E-state index in [0.717, 1.165) is 0 Å². The first-order chi connectivity index (χ1) is 3.72. The molecule has 0 rings (SSSR count). The van der Waals surface area contributed by atoms with E-state index >= 15 is 0 Å². The van der Waals surface area contributed by atoms with Gasteiger partial charge >= 0.3 is 6.09 Å². The average Bonchev–Trinajstić information content (AvgIpc) is 1.84. The topological polar surface area (TPSA) is 55.6 Å². The first kappa shape index (κ1) is 7.23. The second kappa shape index (κ2) is 3.26. The zero-order valence-corrected chi connectivity index (χ0v) is 5.05. The number of carbonyl (C=O) groups is 1. The van der Waals surface area contributed by atoms with Crippen molar-refractivity contribution >= 4 is 6.09 Å². The molecule has 0 aromatic heterocycles. The maximum Gasteiger partial charge on any atom is 0.410 e. The van der Waals surface area contributed by atoms with Gasteiger partial charge in [0.25, 0.3) is 0 Å². The van der Waals surface area contributed by atoms with Gasteiger partial charge in [-0.05, 0) is 0 Å². The van der Waals surface area contributed by atoms with Crippen LogP contribution in [-0.2, 0) is 4.74 Å². The molecule has 0 fully saturated rings. The van der Waals surface area contributed by atoms with E-state index in [4.69, 9.17) is 5.73 Å². The first-order valence-electron chi connectivity index (χ1n) is 2.21. The van der Waals surface area contributed by atoms with Crippen LogP contribution in [-0.4, -0.2) is 31.8 Å². The molecule has 0 aliphatic carbocycles. The Kier molecular flexibility index (Phi) is 2.95. The number of ether oxygens (including phenoxy) is 1. The molecule has 4 heteroatoms. The van der Waals surface area contributed by atoms with Gasteiger partial charge < -0.3 is 10.5 Å². The molecule has 0 atom stereocenters. The van der Waals surface area contributed by atoms with Crippen LogP contribution in [0.3, 0.4) is 0 Å². The fraction of sp³-hybridized carbons (Fsp3) is 0.750. The van der Waals surface area contributed by atoms with E-state index in [-0.39, 0.29) is 6.67 Å². The number of rotatable bonds is 1. The Morgan fingerprint density at radius 1 is 1.88 bits per heavy atom. The van der Waals surface area contributed by atoms with Crippen LogP contribution in [0.25, 0.3) is 0 Å². The standard InChI is InChI=1S/C4H10N2O2/c1-6(3-5)4(7)8-2/h3,5H2,1-2H3. The lowest BCUT2D eigenvalue weighted by molar-refractivity contribution is 0.134. The van der Waals surface area contributed by atoms with Gasteiger partial charge in [0.15, 0.2) is 0 Å². The number of hydrogen-bond acceptors (Lipinski definition) is 3. The van der Waals surface area contributed by atoms with Crippen LogP contribution in [0.2, 0.25) is 0 Å². The Bertz CT molecular complexity index is 84.1. The minimum atomic E-state index is -0.410. The fourth-order valence-corrected chi connectivity index (χ4v) is 0.230. The molecular weight excluding hydrogens is 108 g/mol. The average molecular weight is 118 g/mol. The number of nitrogens with two attached hydrogens (primary N) is 1. The highest BCUT2D eigenvalue weighted by Gasteiger charge is 2.02. The summed E-state index contributed by atoms with van der Waals surface area (Å²) in [4.78, 5) is 11.6. The van der Waals surface area contributed by atoms with Crippen molar-refractivity contribution in [3.05, 3.63) is 0 Å². The lowest BCUT2D eigenvalue weighted by Crippen LogP contribution is -2.31. The lowest BCUT2D eigenvalue weighted by Gasteiger charge is -2.10. The molecule has 0 aliphatic heterocycles. The molecule has 1 amide bonds. The molecule has 0 unspecified atom stereocenters. The molecule has 0 bridgehead atoms. The van der Waals surface area contributed by atoms with Crippen LogP contribution in [0.4, 0.5) is 4.79 Å². The Balaban J connectivity index is 3.46. The second-order valence-corrected chi connectivity index (χ2v) is 1.35. The van der Waals surface area contributed by atoms with Gasteiger partial charge in [0.1, 0.15) is 0 Å². The first-order valence-corrected chi connectivity index (χ1v) is 2.21. The van der Waals surface area contributed by atoms with Crippen molar-refractivity contribution in [2.45, 2.75) is 0 Å². The zero-order chi connectivity index (χ0) is 6.57. The quantitative estimate of drug-likeness (QED) is 0.477. The number of methoxy groups -OCH3 is 1. The van der Waals surface area contributed by atoms with Crippen LogP contribution in [0.5, 0.6) is 0 Å². The Morgan fingerprint density at radius 2 is 2.38 bits per heavy atom. The third kappa shape index (κ3) is 1.79. The highest BCUT2D eigenvalue weighted by atomic mass is 16.5. The van der Waals surface area contributed by atoms with Gasteiger partial charge in [-0.1, -0.05) is 0 Å². The number of nitrogens with zero attached hydrogens (tertiary/aromatic N) is 1. The van der Waals surface area contributed by atoms with Gasteiger partial charge in [-0.3, -0.25) is 4.90 Å². The molecule has 0 radical (unpaired) electrons. The maximum atomic E-state index is 10.4. The molecule has 8 heavy (non-hydrogen) atoms. The highest BCUT2D eigenvalue weighted by Crippen LogP contribution is 1.81. The van der Waals surface area contributed by atoms with Gasteiger partial charge in [-0.2, -0.15) is 0 Å². The molecule has 48 valence electrons. The third-order valence-electron chi connectivity index (χ3n) is 0.760. The summed E-state index contributed by atoms with van der Waals surface area (Å²) in [6.07, 6.45) is -0.410. The molecule has 4 nitrogen and oxygen atoms in total. The van der Waals surface area contributed by atoms with E-state index in [2.05, 4.69) is 4.74 Å². The number of carbonyl (C=O) groups excluding carboxylic acids is 1. The van der Waals surface area contributed by atoms with E-state index in [9.17, 15) is 4.79 Å². The van der Waals surface area contributed by atoms with Crippen molar-refractivity contribution in [3.63, 3.8) is 0 Å². The molecule has 0 spiro atoms. The van der Waals surface area contributed by atoms with Gasteiger partial charge in [-0.25, -0.2) is 4.79 Å². The van der Waals surface area contributed by atoms with Crippen molar-refractivity contribution in [1.82, 2.24) is 4.90 Å². The largest absolute Gasteiger partial charge is 0.453 e. The molecule has 0 heterocycles. The minimum Gasteiger partial charge on any atom is -0.453 e. The molecule has 0 aromatic rings. The van der Waals surface area contributed by atoms with Crippen molar-refractivity contribution in [2.24, 2.45) is 5.73 Å². The SMILES string of the molecule is COC(=O)N(C)CN. The van der Waals surface area contributed by atoms with Crippen LogP contribution >= 0.6 is 0 Å². The summed E-state index contributed by atoms with van der Waals surface area (Å²) in [6.45, 7) is 0.187. The fourth-order valence-electron chi connectivity index (χ4n) is 0.230. The molecule has 0 aliphatic rings. The van der Waals surface area contributed by atoms with Crippen molar-refractivity contribution in [2.75, 3.05) is 20.8 Å². The summed E-state index contributed by atoms with van der Waals surface area (Å²) in [6, 6.07) is 0. The summed E-state index contributed by atoms with van der Waals surface area (Å²) in [5, 5.41) is 0. The molecular formula is C4H10N2O2. The van der Waals surface area contributed by atoms with E-state index in [0.29, 0.717) is 0 Å². The maximum absolute atomic E-state index is 10.4. The number of hydrogen-bond donors (Lipinski definition) is 1. The third-order valence-corrected chi connectivity index (χ3v) is 0.760. The van der Waals surface area contributed by atoms with Gasteiger partial charge in [0.05, 0.1) is 13.8 Å². The summed E-state index contributed by atoms with van der Waals surface area (Å²) >= 11 is 0. The second-order valence-electron chi connectivity index (χ2n) is 1.35. The van der Waals surface area contributed by atoms with Gasteiger partial charge in [0, 0.05) is 7.05 Å². The summed E-state index contributed by atoms with van der Waals surface area (Å²) in [7, 11) is 2.88. The van der Waals surface area contributed by atoms with Crippen LogP contribution < -0.4 is 5.73 Å². The summed E-state index contributed by atoms with van der Waals surface area (Å²) in [5.41, 5.74) is 5.07. The highest BCUT2D eigenvalue weighted by molar-refractivity contribution is 5.66. The lowest BCUT2D eigenvalue weighted by atomic mass is 10.8. The van der Waals surface area contributed by atoms with E-state index in [1.54, 1.807) is 7.05 Å². The zero-order valence-electron chi connectivity index (χ0n) is 5.05. The molecule has 0 saturated heterocycles. The van der Waals surface area contributed by atoms with E-state index in [1.165, 1.54) is 12.0 Å². The Hall–Kier alpha value is -0.770. The Morgan fingerprint density at radius 3 is 2.50 bits per heavy atom. The molecule has 0 saturated carbocycles. The predicted molar refractivity (Wildman–Crippen MR) is 29.2 cm³/mol. The predicted octanol–water partition coefficient (Wildman–Crippen LogP) is -0.399. The Labute approximate surface area is 48.2 Å². The minimum absolute atomic E-state index is 0.187. The number of amides is 1.